The molecule has 0 N–H and O–H groups in total. The molecule has 0 saturated heterocycles. The summed E-state index contributed by atoms with van der Waals surface area (Å²) < 4.78 is 0. The van der Waals surface area contributed by atoms with Gasteiger partial charge in [-0.25, -0.2) is 0 Å². The molecule has 0 bridgehead atoms. The molecule has 1 aliphatic heterocycles. The quantitative estimate of drug-likeness (QED) is 0.442. The van der Waals surface area contributed by atoms with Crippen molar-refractivity contribution in [3.63, 3.8) is 0 Å². The first kappa shape index (κ1) is 14.8. The van der Waals surface area contributed by atoms with Gasteiger partial charge in [-0.3, -0.25) is 0 Å². The summed E-state index contributed by atoms with van der Waals surface area (Å²) in [5, 5.41) is 5.72. The van der Waals surface area contributed by atoms with E-state index in [1.807, 2.05) is 0 Å². The first-order chi connectivity index (χ1) is 12.4. The summed E-state index contributed by atoms with van der Waals surface area (Å²) in [4.78, 5) is 0. The van der Waals surface area contributed by atoms with Gasteiger partial charge in [0.2, 0.25) is 0 Å². The van der Waals surface area contributed by atoms with Gasteiger partial charge in [0.05, 0.1) is 0 Å². The van der Waals surface area contributed by atoms with E-state index in [0.29, 0.717) is 0 Å². The molecule has 1 heteroatoms. The number of hydrogen-bond donors (Lipinski definition) is 0. The van der Waals surface area contributed by atoms with Crippen LogP contribution in [0.3, 0.4) is 0 Å². The molecule has 5 rings (SSSR count). The van der Waals surface area contributed by atoms with E-state index in [-0.39, 0.29) is 0 Å². The molecule has 0 fully saturated rings. The summed E-state index contributed by atoms with van der Waals surface area (Å²) in [5.41, 5.74) is 2.87. The van der Waals surface area contributed by atoms with Gasteiger partial charge in [0.1, 0.15) is 0 Å². The van der Waals surface area contributed by atoms with E-state index in [0.717, 1.165) is 6.16 Å². The Morgan fingerprint density at radius 3 is 1.80 bits per heavy atom. The van der Waals surface area contributed by atoms with E-state index in [1.165, 1.54) is 32.5 Å². The molecule has 0 saturated carbocycles. The molecule has 0 aromatic heterocycles. The fraction of sp³-hybridized carbons (Fsp3) is 0.0417. The molecule has 4 aromatic rings. The van der Waals surface area contributed by atoms with Gasteiger partial charge in [0.15, 0.2) is 0 Å². The average Bonchev–Trinajstić information content (AvgIpc) is 2.69. The molecule has 0 unspecified atom stereocenters. The van der Waals surface area contributed by atoms with Gasteiger partial charge in [0, 0.05) is 6.16 Å². The third-order valence-corrected chi connectivity index (χ3v) is 9.23. The highest BCUT2D eigenvalue weighted by atomic mass is 31.2. The first-order valence-corrected chi connectivity index (χ1v) is 10.8. The summed E-state index contributed by atoms with van der Waals surface area (Å²) in [6, 6.07) is 35.6. The van der Waals surface area contributed by atoms with Crippen LogP contribution in [0.5, 0.6) is 0 Å². The van der Waals surface area contributed by atoms with Crippen molar-refractivity contribution in [1.82, 2.24) is 0 Å². The highest BCUT2D eigenvalue weighted by Crippen LogP contribution is 2.52. The van der Waals surface area contributed by atoms with Crippen LogP contribution in [0.15, 0.2) is 97.1 Å². The fourth-order valence-corrected chi connectivity index (χ4v) is 8.06. The lowest BCUT2D eigenvalue weighted by Gasteiger charge is -2.32. The third kappa shape index (κ3) is 2.29. The fourth-order valence-electron chi connectivity index (χ4n) is 4.11. The van der Waals surface area contributed by atoms with Crippen LogP contribution in [0.4, 0.5) is 0 Å². The summed E-state index contributed by atoms with van der Waals surface area (Å²) in [5.74, 6) is 2.59. The Hall–Kier alpha value is -2.56. The number of benzene rings is 4. The standard InChI is InChI=1S/C24H19P/c1-3-13-22(14-4-1)25(23-15-5-2-6-16-23)17-20-11-7-9-19-10-8-12-21(18-25)24(19)20/h1-17H,18H2. The molecule has 120 valence electrons. The van der Waals surface area contributed by atoms with E-state index >= 15 is 0 Å². The largest absolute Gasteiger partial charge is 0.0622 e. The molecule has 0 amide bonds. The van der Waals surface area contributed by atoms with Crippen LogP contribution >= 0.6 is 6.89 Å². The van der Waals surface area contributed by atoms with E-state index in [2.05, 4.69) is 103 Å². The summed E-state index contributed by atoms with van der Waals surface area (Å²) in [7, 11) is 0. The van der Waals surface area contributed by atoms with Gasteiger partial charge in [-0.15, -0.1) is 0 Å². The van der Waals surface area contributed by atoms with Crippen LogP contribution in [-0.2, 0) is 6.16 Å². The summed E-state index contributed by atoms with van der Waals surface area (Å²) in [6.45, 7) is -1.61. The second-order valence-corrected chi connectivity index (χ2v) is 10.0. The van der Waals surface area contributed by atoms with Crippen LogP contribution in [0.1, 0.15) is 11.1 Å². The molecule has 25 heavy (non-hydrogen) atoms. The predicted octanol–water partition coefficient (Wildman–Crippen LogP) is 5.17. The van der Waals surface area contributed by atoms with Gasteiger partial charge in [-0.1, -0.05) is 97.1 Å². The van der Waals surface area contributed by atoms with Crippen molar-refractivity contribution >= 4 is 34.1 Å². The molecule has 0 nitrogen and oxygen atoms in total. The van der Waals surface area contributed by atoms with E-state index in [4.69, 9.17) is 0 Å². The zero-order chi connectivity index (χ0) is 16.7. The lowest BCUT2D eigenvalue weighted by Crippen LogP contribution is -2.22. The Kier molecular flexibility index (Phi) is 3.40. The predicted molar refractivity (Wildman–Crippen MR) is 112 cm³/mol. The third-order valence-electron chi connectivity index (χ3n) is 5.24. The van der Waals surface area contributed by atoms with E-state index in [9.17, 15) is 0 Å². The van der Waals surface area contributed by atoms with Crippen molar-refractivity contribution in [2.24, 2.45) is 0 Å². The zero-order valence-electron chi connectivity index (χ0n) is 14.0. The minimum atomic E-state index is -1.61. The Morgan fingerprint density at radius 1 is 0.560 bits per heavy atom. The molecular weight excluding hydrogens is 319 g/mol. The maximum absolute atomic E-state index is 2.59. The van der Waals surface area contributed by atoms with Gasteiger partial charge in [-0.05, 0) is 45.2 Å². The molecule has 1 aliphatic rings. The van der Waals surface area contributed by atoms with Gasteiger partial charge in [-0.2, -0.15) is 0 Å². The highest BCUT2D eigenvalue weighted by molar-refractivity contribution is 7.88. The van der Waals surface area contributed by atoms with Crippen molar-refractivity contribution in [2.45, 2.75) is 6.16 Å². The minimum Gasteiger partial charge on any atom is -0.0622 e. The average molecular weight is 338 g/mol. The van der Waals surface area contributed by atoms with Gasteiger partial charge >= 0.3 is 0 Å². The number of hydrogen-bond acceptors (Lipinski definition) is 0. The lowest BCUT2D eigenvalue weighted by atomic mass is 10.0. The highest BCUT2D eigenvalue weighted by Gasteiger charge is 2.27. The maximum atomic E-state index is 2.59. The van der Waals surface area contributed by atoms with Crippen LogP contribution in [0.2, 0.25) is 0 Å². The molecule has 0 aliphatic carbocycles. The van der Waals surface area contributed by atoms with Crippen molar-refractivity contribution in [1.29, 1.82) is 0 Å². The molecule has 4 aromatic carbocycles. The monoisotopic (exact) mass is 338 g/mol. The maximum Gasteiger partial charge on any atom is 0.000764 e. The second-order valence-electron chi connectivity index (χ2n) is 6.69. The molecule has 0 spiro atoms. The topological polar surface area (TPSA) is 0 Å². The smallest absolute Gasteiger partial charge is 0.000764 e. The Balaban J connectivity index is 1.90. The van der Waals surface area contributed by atoms with E-state index < -0.39 is 6.89 Å². The molecular formula is C24H19P. The SMILES string of the molecule is C1=P(c2ccccc2)(c2ccccc2)Cc2cccc3cccc1c23. The van der Waals surface area contributed by atoms with E-state index in [1.54, 1.807) is 0 Å². The lowest BCUT2D eigenvalue weighted by molar-refractivity contribution is 1.43. The van der Waals surface area contributed by atoms with Crippen molar-refractivity contribution in [3.8, 4) is 0 Å². The number of rotatable bonds is 2. The van der Waals surface area contributed by atoms with Gasteiger partial charge in [0.25, 0.3) is 0 Å². The zero-order valence-corrected chi connectivity index (χ0v) is 14.9. The summed E-state index contributed by atoms with van der Waals surface area (Å²) >= 11 is 0. The first-order valence-electron chi connectivity index (χ1n) is 8.72. The molecule has 0 atom stereocenters. The molecule has 1 heterocycles. The van der Waals surface area contributed by atoms with Crippen LogP contribution in [0, 0.1) is 0 Å². The second kappa shape index (κ2) is 5.76. The van der Waals surface area contributed by atoms with Gasteiger partial charge < -0.3 is 0 Å². The Morgan fingerprint density at radius 2 is 1.16 bits per heavy atom. The van der Waals surface area contributed by atoms with Crippen molar-refractivity contribution in [3.05, 3.63) is 108 Å². The van der Waals surface area contributed by atoms with Crippen LogP contribution in [0.25, 0.3) is 10.8 Å². The Bertz CT molecular complexity index is 1060. The minimum absolute atomic E-state index is 1.11. The Labute approximate surface area is 148 Å². The molecule has 0 radical (unpaired) electrons. The van der Waals surface area contributed by atoms with Crippen LogP contribution in [-0.4, -0.2) is 5.80 Å². The normalized spacial score (nSPS) is 14.9. The van der Waals surface area contributed by atoms with Crippen molar-refractivity contribution < 1.29 is 0 Å². The van der Waals surface area contributed by atoms with Crippen LogP contribution < -0.4 is 10.6 Å². The summed E-state index contributed by atoms with van der Waals surface area (Å²) in [6.07, 6.45) is 1.11. The van der Waals surface area contributed by atoms with Crippen molar-refractivity contribution in [2.75, 3.05) is 0 Å².